The van der Waals surface area contributed by atoms with Gasteiger partial charge < -0.3 is 4.90 Å². The zero-order chi connectivity index (χ0) is 22.8. The Morgan fingerprint density at radius 3 is 2.64 bits per heavy atom. The highest BCUT2D eigenvalue weighted by Crippen LogP contribution is 2.32. The molecular formula is C26H33N5O2. The van der Waals surface area contributed by atoms with Crippen LogP contribution in [0.3, 0.4) is 0 Å². The zero-order valence-electron chi connectivity index (χ0n) is 19.5. The van der Waals surface area contributed by atoms with Gasteiger partial charge in [-0.15, -0.1) is 0 Å². The molecule has 0 unspecified atom stereocenters. The van der Waals surface area contributed by atoms with Crippen molar-refractivity contribution >= 4 is 17.6 Å². The van der Waals surface area contributed by atoms with E-state index < -0.39 is 0 Å². The van der Waals surface area contributed by atoms with Crippen molar-refractivity contribution in [2.24, 2.45) is 0 Å². The van der Waals surface area contributed by atoms with Crippen molar-refractivity contribution in [3.63, 3.8) is 0 Å². The molecule has 3 aliphatic rings. The average molecular weight is 448 g/mol. The lowest BCUT2D eigenvalue weighted by Gasteiger charge is -2.30. The molecular weight excluding hydrogens is 414 g/mol. The van der Waals surface area contributed by atoms with Gasteiger partial charge in [-0.1, -0.05) is 30.3 Å². The van der Waals surface area contributed by atoms with Crippen LogP contribution in [-0.4, -0.2) is 70.9 Å². The second-order valence-electron chi connectivity index (χ2n) is 9.56. The number of rotatable bonds is 6. The number of amides is 2. The third kappa shape index (κ3) is 4.78. The number of fused-ring (bicyclic) bond motifs is 1. The lowest BCUT2D eigenvalue weighted by molar-refractivity contribution is -0.131. The molecule has 1 atom stereocenters. The highest BCUT2D eigenvalue weighted by Gasteiger charge is 2.33. The first-order valence-electron chi connectivity index (χ1n) is 12.3. The molecule has 3 aliphatic heterocycles. The fourth-order valence-corrected chi connectivity index (χ4v) is 5.33. The maximum Gasteiger partial charge on any atom is 0.236 e. The van der Waals surface area contributed by atoms with Crippen LogP contribution in [0, 0.1) is 6.92 Å². The molecule has 2 aromatic rings. The van der Waals surface area contributed by atoms with E-state index >= 15 is 0 Å². The van der Waals surface area contributed by atoms with E-state index in [1.54, 1.807) is 0 Å². The van der Waals surface area contributed by atoms with Gasteiger partial charge in [0.05, 0.1) is 6.54 Å². The summed E-state index contributed by atoms with van der Waals surface area (Å²) in [6, 6.07) is 10.3. The van der Waals surface area contributed by atoms with Crippen molar-refractivity contribution in [2.45, 2.75) is 51.4 Å². The first-order valence-corrected chi connectivity index (χ1v) is 12.3. The highest BCUT2D eigenvalue weighted by atomic mass is 16.2. The van der Waals surface area contributed by atoms with Gasteiger partial charge in [-0.3, -0.25) is 19.4 Å². The van der Waals surface area contributed by atoms with Crippen LogP contribution in [0.5, 0.6) is 0 Å². The highest BCUT2D eigenvalue weighted by molar-refractivity contribution is 5.95. The van der Waals surface area contributed by atoms with Crippen LogP contribution in [0.2, 0.25) is 0 Å². The third-order valence-electron chi connectivity index (χ3n) is 7.29. The monoisotopic (exact) mass is 447 g/mol. The molecule has 5 rings (SSSR count). The van der Waals surface area contributed by atoms with Crippen LogP contribution >= 0.6 is 0 Å². The van der Waals surface area contributed by atoms with E-state index in [1.165, 1.54) is 18.4 Å². The van der Waals surface area contributed by atoms with Crippen molar-refractivity contribution < 1.29 is 9.59 Å². The van der Waals surface area contributed by atoms with E-state index in [-0.39, 0.29) is 17.7 Å². The predicted molar refractivity (Wildman–Crippen MR) is 127 cm³/mol. The second-order valence-corrected chi connectivity index (χ2v) is 9.56. The molecule has 33 heavy (non-hydrogen) atoms. The molecule has 1 aromatic heterocycles. The van der Waals surface area contributed by atoms with E-state index in [0.29, 0.717) is 32.5 Å². The molecule has 2 fully saturated rings. The summed E-state index contributed by atoms with van der Waals surface area (Å²) >= 11 is 0. The number of aryl methyl sites for hydroxylation is 1. The summed E-state index contributed by atoms with van der Waals surface area (Å²) < 4.78 is 0. The van der Waals surface area contributed by atoms with E-state index in [4.69, 9.17) is 9.97 Å². The third-order valence-corrected chi connectivity index (χ3v) is 7.29. The van der Waals surface area contributed by atoms with Gasteiger partial charge in [0.25, 0.3) is 0 Å². The Kier molecular flexibility index (Phi) is 6.40. The molecule has 0 saturated carbocycles. The minimum atomic E-state index is 0.129. The molecule has 2 amide bonds. The molecule has 0 bridgehead atoms. The lowest BCUT2D eigenvalue weighted by atomic mass is 10.0. The molecule has 0 N–H and O–H groups in total. The summed E-state index contributed by atoms with van der Waals surface area (Å²) in [5.74, 6) is 2.04. The van der Waals surface area contributed by atoms with Crippen LogP contribution in [0.1, 0.15) is 54.2 Å². The average Bonchev–Trinajstić information content (AvgIpc) is 3.51. The van der Waals surface area contributed by atoms with Gasteiger partial charge in [-0.05, 0) is 57.7 Å². The second kappa shape index (κ2) is 9.59. The quantitative estimate of drug-likeness (QED) is 0.681. The number of hydrogen-bond acceptors (Lipinski definition) is 5. The topological polar surface area (TPSA) is 69.6 Å². The van der Waals surface area contributed by atoms with Crippen LogP contribution in [0.4, 0.5) is 5.82 Å². The summed E-state index contributed by atoms with van der Waals surface area (Å²) in [5.41, 5.74) is 3.27. The summed E-state index contributed by atoms with van der Waals surface area (Å²) in [7, 11) is 0. The number of nitrogens with zero attached hydrogens (tertiary/aromatic N) is 5. The van der Waals surface area contributed by atoms with Crippen LogP contribution in [0.25, 0.3) is 0 Å². The molecule has 0 aliphatic carbocycles. The summed E-state index contributed by atoms with van der Waals surface area (Å²) in [6.07, 6.45) is 5.27. The lowest BCUT2D eigenvalue weighted by Crippen LogP contribution is -2.39. The summed E-state index contributed by atoms with van der Waals surface area (Å²) in [4.78, 5) is 41.5. The van der Waals surface area contributed by atoms with Gasteiger partial charge in [-0.25, -0.2) is 9.97 Å². The Morgan fingerprint density at radius 1 is 1.06 bits per heavy atom. The van der Waals surface area contributed by atoms with Crippen LogP contribution < -0.4 is 4.90 Å². The molecule has 0 radical (unpaired) electrons. The summed E-state index contributed by atoms with van der Waals surface area (Å²) in [5, 5.41) is 0. The maximum atomic E-state index is 12.8. The molecule has 1 aromatic carbocycles. The Balaban J connectivity index is 1.31. The van der Waals surface area contributed by atoms with Crippen molar-refractivity contribution in [3.8, 4) is 0 Å². The number of aromatic nitrogens is 2. The Bertz CT molecular complexity index is 1020. The van der Waals surface area contributed by atoms with Crippen molar-refractivity contribution in [2.75, 3.05) is 44.2 Å². The summed E-state index contributed by atoms with van der Waals surface area (Å²) in [6.45, 7) is 6.66. The van der Waals surface area contributed by atoms with E-state index in [9.17, 15) is 9.59 Å². The van der Waals surface area contributed by atoms with Gasteiger partial charge >= 0.3 is 0 Å². The van der Waals surface area contributed by atoms with Gasteiger partial charge in [0.2, 0.25) is 11.8 Å². The largest absolute Gasteiger partial charge is 0.341 e. The van der Waals surface area contributed by atoms with Gasteiger partial charge in [0.1, 0.15) is 11.6 Å². The zero-order valence-corrected chi connectivity index (χ0v) is 19.5. The van der Waals surface area contributed by atoms with E-state index in [1.807, 2.05) is 34.9 Å². The smallest absolute Gasteiger partial charge is 0.236 e. The minimum absolute atomic E-state index is 0.129. The van der Waals surface area contributed by atoms with Gasteiger partial charge in [-0.2, -0.15) is 0 Å². The normalized spacial score (nSPS) is 21.0. The standard InChI is InChI=1S/C26H33N5O2/c1-19-22-9-10-23(32)31(16-11-20-7-3-2-4-8-20)26(22)28-25(27-19)21-12-15-30(17-21)24(33)18-29-13-5-6-14-29/h2-4,7-8,21H,5-6,9-18H2,1H3/t21-/m0/s1. The molecule has 7 heteroatoms. The SMILES string of the molecule is Cc1nc([C@H]2CCN(C(=O)CN3CCCC3)C2)nc2c1CCC(=O)N2CCc1ccccc1. The number of benzene rings is 1. The first-order chi connectivity index (χ1) is 16.1. The fourth-order valence-electron chi connectivity index (χ4n) is 5.33. The van der Waals surface area contributed by atoms with Crippen molar-refractivity contribution in [1.82, 2.24) is 19.8 Å². The van der Waals surface area contributed by atoms with E-state index in [2.05, 4.69) is 17.0 Å². The molecule has 7 nitrogen and oxygen atoms in total. The Hall–Kier alpha value is -2.80. The predicted octanol–water partition coefficient (Wildman–Crippen LogP) is 2.72. The van der Waals surface area contributed by atoms with Crippen LogP contribution in [-0.2, 0) is 22.4 Å². The van der Waals surface area contributed by atoms with Gasteiger partial charge in [0.15, 0.2) is 0 Å². The Morgan fingerprint density at radius 2 is 1.85 bits per heavy atom. The van der Waals surface area contributed by atoms with Crippen LogP contribution in [0.15, 0.2) is 30.3 Å². The number of carbonyl (C=O) groups is 2. The maximum absolute atomic E-state index is 12.8. The molecule has 4 heterocycles. The van der Waals surface area contributed by atoms with Crippen molar-refractivity contribution in [1.29, 1.82) is 0 Å². The minimum Gasteiger partial charge on any atom is -0.341 e. The first kappa shape index (κ1) is 22.0. The Labute approximate surface area is 195 Å². The molecule has 0 spiro atoms. The number of hydrogen-bond donors (Lipinski definition) is 0. The molecule has 174 valence electrons. The van der Waals surface area contributed by atoms with Crippen molar-refractivity contribution in [3.05, 3.63) is 53.0 Å². The van der Waals surface area contributed by atoms with Gasteiger partial charge in [0, 0.05) is 43.2 Å². The number of anilines is 1. The molecule has 2 saturated heterocycles. The number of likely N-dealkylation sites (tertiary alicyclic amines) is 2. The fraction of sp³-hybridized carbons (Fsp3) is 0.538. The van der Waals surface area contributed by atoms with E-state index in [0.717, 1.165) is 55.4 Å². The number of carbonyl (C=O) groups excluding carboxylic acids is 2.